The lowest BCUT2D eigenvalue weighted by Crippen LogP contribution is -2.37. The molecule has 0 aliphatic heterocycles. The molecule has 0 radical (unpaired) electrons. The van der Waals surface area contributed by atoms with Gasteiger partial charge in [0.2, 0.25) is 0 Å². The molecule has 2 aliphatic carbocycles. The molecule has 1 fully saturated rings. The summed E-state index contributed by atoms with van der Waals surface area (Å²) in [4.78, 5) is 10.8. The SMILES string of the molecule is N[C@H](CC1(C2CC2)C=CC=CC1)C(=O)O. The highest BCUT2D eigenvalue weighted by molar-refractivity contribution is 5.73. The summed E-state index contributed by atoms with van der Waals surface area (Å²) in [5.41, 5.74) is 5.66. The molecule has 1 saturated carbocycles. The molecular formula is C12H17NO2. The monoisotopic (exact) mass is 207 g/mol. The van der Waals surface area contributed by atoms with Gasteiger partial charge in [-0.05, 0) is 37.0 Å². The van der Waals surface area contributed by atoms with Crippen LogP contribution < -0.4 is 5.73 Å². The van der Waals surface area contributed by atoms with Gasteiger partial charge in [-0.2, -0.15) is 0 Å². The van der Waals surface area contributed by atoms with Crippen molar-refractivity contribution in [1.29, 1.82) is 0 Å². The van der Waals surface area contributed by atoms with E-state index in [9.17, 15) is 4.79 Å². The van der Waals surface area contributed by atoms with Crippen molar-refractivity contribution < 1.29 is 9.90 Å². The first-order valence-electron chi connectivity index (χ1n) is 5.47. The highest BCUT2D eigenvalue weighted by Gasteiger charge is 2.44. The van der Waals surface area contributed by atoms with E-state index in [1.165, 1.54) is 12.8 Å². The zero-order valence-electron chi connectivity index (χ0n) is 8.73. The van der Waals surface area contributed by atoms with Gasteiger partial charge in [0, 0.05) is 0 Å². The molecule has 0 aromatic heterocycles. The summed E-state index contributed by atoms with van der Waals surface area (Å²) >= 11 is 0. The van der Waals surface area contributed by atoms with E-state index in [1.54, 1.807) is 0 Å². The molecule has 2 atom stereocenters. The van der Waals surface area contributed by atoms with Gasteiger partial charge in [0.25, 0.3) is 0 Å². The van der Waals surface area contributed by atoms with Crippen LogP contribution in [0.15, 0.2) is 24.3 Å². The maximum absolute atomic E-state index is 10.8. The van der Waals surface area contributed by atoms with E-state index in [1.807, 2.05) is 12.2 Å². The average molecular weight is 207 g/mol. The molecule has 2 aliphatic rings. The van der Waals surface area contributed by atoms with Crippen LogP contribution in [-0.2, 0) is 4.79 Å². The van der Waals surface area contributed by atoms with E-state index in [4.69, 9.17) is 10.8 Å². The number of rotatable bonds is 4. The van der Waals surface area contributed by atoms with Gasteiger partial charge in [0.05, 0.1) is 0 Å². The molecule has 0 aromatic carbocycles. The van der Waals surface area contributed by atoms with Crippen LogP contribution in [0, 0.1) is 11.3 Å². The van der Waals surface area contributed by atoms with Crippen LogP contribution in [0.1, 0.15) is 25.7 Å². The second-order valence-electron chi connectivity index (χ2n) is 4.65. The first-order chi connectivity index (χ1) is 7.14. The van der Waals surface area contributed by atoms with Gasteiger partial charge in [-0.15, -0.1) is 0 Å². The number of nitrogens with two attached hydrogens (primary N) is 1. The molecule has 0 aromatic rings. The van der Waals surface area contributed by atoms with E-state index in [0.717, 1.165) is 6.42 Å². The third-order valence-electron chi connectivity index (χ3n) is 3.48. The second-order valence-corrected chi connectivity index (χ2v) is 4.65. The summed E-state index contributed by atoms with van der Waals surface area (Å²) in [5.74, 6) is -0.248. The smallest absolute Gasteiger partial charge is 0.320 e. The topological polar surface area (TPSA) is 63.3 Å². The fourth-order valence-electron chi connectivity index (χ4n) is 2.46. The third kappa shape index (κ3) is 2.12. The van der Waals surface area contributed by atoms with Crippen molar-refractivity contribution in [3.63, 3.8) is 0 Å². The molecule has 3 N–H and O–H groups in total. The Labute approximate surface area is 89.7 Å². The van der Waals surface area contributed by atoms with Crippen molar-refractivity contribution in [2.75, 3.05) is 0 Å². The first-order valence-corrected chi connectivity index (χ1v) is 5.47. The predicted octanol–water partition coefficient (Wildman–Crippen LogP) is 1.70. The maximum Gasteiger partial charge on any atom is 0.320 e. The number of carboxylic acid groups (broad SMARTS) is 1. The molecule has 0 bridgehead atoms. The first kappa shape index (κ1) is 10.4. The Balaban J connectivity index is 2.09. The van der Waals surface area contributed by atoms with E-state index < -0.39 is 12.0 Å². The number of carbonyl (C=O) groups is 1. The van der Waals surface area contributed by atoms with Gasteiger partial charge in [-0.25, -0.2) is 0 Å². The fraction of sp³-hybridized carbons (Fsp3) is 0.583. The normalized spacial score (nSPS) is 31.5. The Morgan fingerprint density at radius 2 is 2.27 bits per heavy atom. The molecule has 3 heteroatoms. The maximum atomic E-state index is 10.8. The van der Waals surface area contributed by atoms with Gasteiger partial charge in [-0.3, -0.25) is 4.79 Å². The largest absolute Gasteiger partial charge is 0.480 e. The highest BCUT2D eigenvalue weighted by Crippen LogP contribution is 2.52. The molecule has 82 valence electrons. The van der Waals surface area contributed by atoms with Crippen molar-refractivity contribution >= 4 is 5.97 Å². The number of hydrogen-bond acceptors (Lipinski definition) is 2. The number of aliphatic carboxylic acids is 1. The van der Waals surface area contributed by atoms with Crippen molar-refractivity contribution in [2.24, 2.45) is 17.1 Å². The quantitative estimate of drug-likeness (QED) is 0.737. The van der Waals surface area contributed by atoms with Gasteiger partial charge in [0.1, 0.15) is 6.04 Å². The van der Waals surface area contributed by atoms with Crippen molar-refractivity contribution in [1.82, 2.24) is 0 Å². The Morgan fingerprint density at radius 3 is 2.73 bits per heavy atom. The summed E-state index contributed by atoms with van der Waals surface area (Å²) in [6.45, 7) is 0. The molecule has 15 heavy (non-hydrogen) atoms. The summed E-state index contributed by atoms with van der Waals surface area (Å²) in [7, 11) is 0. The molecule has 0 spiro atoms. The van der Waals surface area contributed by atoms with Crippen molar-refractivity contribution in [2.45, 2.75) is 31.7 Å². The summed E-state index contributed by atoms with van der Waals surface area (Å²) in [5, 5.41) is 8.86. The van der Waals surface area contributed by atoms with Gasteiger partial charge in [-0.1, -0.05) is 24.3 Å². The Morgan fingerprint density at radius 1 is 1.53 bits per heavy atom. The third-order valence-corrected chi connectivity index (χ3v) is 3.48. The lowest BCUT2D eigenvalue weighted by Gasteiger charge is -2.33. The molecule has 0 amide bonds. The molecule has 2 rings (SSSR count). The number of allylic oxidation sites excluding steroid dienone is 4. The lowest BCUT2D eigenvalue weighted by atomic mass is 9.72. The van der Waals surface area contributed by atoms with Crippen molar-refractivity contribution in [3.05, 3.63) is 24.3 Å². The molecule has 3 nitrogen and oxygen atoms in total. The minimum atomic E-state index is -0.891. The zero-order chi connectivity index (χ0) is 10.9. The summed E-state index contributed by atoms with van der Waals surface area (Å²) in [6.07, 6.45) is 12.3. The minimum Gasteiger partial charge on any atom is -0.480 e. The van der Waals surface area contributed by atoms with E-state index in [0.29, 0.717) is 12.3 Å². The molecule has 0 heterocycles. The van der Waals surface area contributed by atoms with Crippen LogP contribution in [0.3, 0.4) is 0 Å². The molecule has 0 saturated heterocycles. The Kier molecular flexibility index (Phi) is 2.65. The Hall–Kier alpha value is -1.09. The zero-order valence-corrected chi connectivity index (χ0v) is 8.73. The molecular weight excluding hydrogens is 190 g/mol. The lowest BCUT2D eigenvalue weighted by molar-refractivity contribution is -0.139. The summed E-state index contributed by atoms with van der Waals surface area (Å²) in [6, 6.07) is -0.734. The second kappa shape index (κ2) is 3.81. The van der Waals surface area contributed by atoms with Crippen LogP contribution >= 0.6 is 0 Å². The number of carboxylic acids is 1. The Bertz CT molecular complexity index is 318. The van der Waals surface area contributed by atoms with Crippen LogP contribution in [0.25, 0.3) is 0 Å². The van der Waals surface area contributed by atoms with Crippen LogP contribution in [-0.4, -0.2) is 17.1 Å². The van der Waals surface area contributed by atoms with Gasteiger partial charge >= 0.3 is 5.97 Å². The van der Waals surface area contributed by atoms with Crippen LogP contribution in [0.4, 0.5) is 0 Å². The van der Waals surface area contributed by atoms with Gasteiger partial charge in [0.15, 0.2) is 0 Å². The van der Waals surface area contributed by atoms with E-state index >= 15 is 0 Å². The van der Waals surface area contributed by atoms with Crippen LogP contribution in [0.5, 0.6) is 0 Å². The minimum absolute atomic E-state index is 0.0204. The summed E-state index contributed by atoms with van der Waals surface area (Å²) < 4.78 is 0. The van der Waals surface area contributed by atoms with E-state index in [-0.39, 0.29) is 5.41 Å². The van der Waals surface area contributed by atoms with Crippen molar-refractivity contribution in [3.8, 4) is 0 Å². The van der Waals surface area contributed by atoms with Gasteiger partial charge < -0.3 is 10.8 Å². The highest BCUT2D eigenvalue weighted by atomic mass is 16.4. The van der Waals surface area contributed by atoms with E-state index in [2.05, 4.69) is 12.2 Å². The molecule has 1 unspecified atom stereocenters. The predicted molar refractivity (Wildman–Crippen MR) is 58.3 cm³/mol. The fourth-order valence-corrected chi connectivity index (χ4v) is 2.46. The number of hydrogen-bond donors (Lipinski definition) is 2. The standard InChI is InChI=1S/C12H17NO2/c13-10(11(14)15)8-12(9-4-5-9)6-2-1-3-7-12/h1-3,6,9-10H,4-5,7-8,13H2,(H,14,15)/t10-,12?/m1/s1. The van der Waals surface area contributed by atoms with Crippen LogP contribution in [0.2, 0.25) is 0 Å². The average Bonchev–Trinajstić information content (AvgIpc) is 3.02.